The molecular formula is C31H29ClN2O5. The zero-order chi connectivity index (χ0) is 27.4. The van der Waals surface area contributed by atoms with Crippen LogP contribution in [0.4, 0.5) is 0 Å². The van der Waals surface area contributed by atoms with Gasteiger partial charge in [-0.3, -0.25) is 14.6 Å². The first-order chi connectivity index (χ1) is 18.9. The molecule has 8 heteroatoms. The number of hydrogen-bond acceptors (Lipinski definition) is 7. The SMILES string of the molecule is COc1cc2nccc(Oc3ncc(CC(=O)C4(C(=O)CCCc5ccccc5)CC4)cc3Cl)c2cc1OC. The minimum atomic E-state index is -0.853. The largest absolute Gasteiger partial charge is 0.493 e. The molecule has 0 amide bonds. The van der Waals surface area contributed by atoms with Crippen LogP contribution in [0, 0.1) is 5.41 Å². The third kappa shape index (κ3) is 5.73. The summed E-state index contributed by atoms with van der Waals surface area (Å²) in [6.45, 7) is 0. The van der Waals surface area contributed by atoms with Gasteiger partial charge in [-0.2, -0.15) is 0 Å². The summed E-state index contributed by atoms with van der Waals surface area (Å²) < 4.78 is 16.8. The van der Waals surface area contributed by atoms with Crippen LogP contribution in [0.5, 0.6) is 23.1 Å². The van der Waals surface area contributed by atoms with E-state index in [1.54, 1.807) is 50.9 Å². The van der Waals surface area contributed by atoms with Crippen LogP contribution in [0.25, 0.3) is 10.9 Å². The normalized spacial score (nSPS) is 13.6. The summed E-state index contributed by atoms with van der Waals surface area (Å²) in [6.07, 6.45) is 6.49. The van der Waals surface area contributed by atoms with Crippen LogP contribution in [0.15, 0.2) is 67.0 Å². The zero-order valence-electron chi connectivity index (χ0n) is 21.9. The lowest BCUT2D eigenvalue weighted by molar-refractivity contribution is -0.134. The molecule has 2 heterocycles. The summed E-state index contributed by atoms with van der Waals surface area (Å²) >= 11 is 6.51. The predicted octanol–water partition coefficient (Wildman–Crippen LogP) is 6.58. The molecule has 2 aromatic heterocycles. The molecule has 2 aromatic carbocycles. The molecule has 4 aromatic rings. The molecule has 0 radical (unpaired) electrons. The van der Waals surface area contributed by atoms with E-state index in [0.717, 1.165) is 12.8 Å². The third-order valence-electron chi connectivity index (χ3n) is 7.17. The Kier molecular flexibility index (Phi) is 7.79. The average molecular weight is 545 g/mol. The van der Waals surface area contributed by atoms with Gasteiger partial charge >= 0.3 is 0 Å². The molecule has 200 valence electrons. The minimum Gasteiger partial charge on any atom is -0.493 e. The molecule has 1 saturated carbocycles. The van der Waals surface area contributed by atoms with Gasteiger partial charge in [-0.25, -0.2) is 4.98 Å². The fraction of sp³-hybridized carbons (Fsp3) is 0.290. The Morgan fingerprint density at radius 2 is 1.64 bits per heavy atom. The highest BCUT2D eigenvalue weighted by Gasteiger charge is 2.54. The first kappa shape index (κ1) is 26.6. The van der Waals surface area contributed by atoms with Gasteiger partial charge in [-0.15, -0.1) is 0 Å². The second-order valence-electron chi connectivity index (χ2n) is 9.71. The van der Waals surface area contributed by atoms with Crippen molar-refractivity contribution in [2.75, 3.05) is 14.2 Å². The van der Waals surface area contributed by atoms with Crippen molar-refractivity contribution in [3.63, 3.8) is 0 Å². The van der Waals surface area contributed by atoms with Crippen LogP contribution in [0.3, 0.4) is 0 Å². The summed E-state index contributed by atoms with van der Waals surface area (Å²) in [4.78, 5) is 34.9. The number of hydrogen-bond donors (Lipinski definition) is 0. The monoisotopic (exact) mass is 544 g/mol. The highest BCUT2D eigenvalue weighted by Crippen LogP contribution is 2.49. The molecule has 39 heavy (non-hydrogen) atoms. The Morgan fingerprint density at radius 1 is 0.897 bits per heavy atom. The van der Waals surface area contributed by atoms with Crippen LogP contribution >= 0.6 is 11.6 Å². The Morgan fingerprint density at radius 3 is 2.33 bits per heavy atom. The standard InChI is InChI=1S/C31H29ClN2O5/c1-37-26-17-22-24(18-27(26)38-2)33-14-11-25(22)39-30-23(32)15-21(19-34-30)16-29(36)31(12-13-31)28(35)10-6-9-20-7-4-3-5-8-20/h3-5,7-8,11,14-15,17-19H,6,9-10,12-13,16H2,1-2H3. The second-order valence-corrected chi connectivity index (χ2v) is 10.1. The predicted molar refractivity (Wildman–Crippen MR) is 149 cm³/mol. The number of benzene rings is 2. The maximum absolute atomic E-state index is 13.2. The van der Waals surface area contributed by atoms with Crippen LogP contribution in [0.2, 0.25) is 5.02 Å². The van der Waals surface area contributed by atoms with Crippen LogP contribution in [-0.2, 0) is 22.4 Å². The lowest BCUT2D eigenvalue weighted by Gasteiger charge is -2.14. The number of nitrogens with zero attached hydrogens (tertiary/aromatic N) is 2. The summed E-state index contributed by atoms with van der Waals surface area (Å²) in [5, 5.41) is 0.971. The first-order valence-corrected chi connectivity index (χ1v) is 13.2. The quantitative estimate of drug-likeness (QED) is 0.186. The van der Waals surface area contributed by atoms with Gasteiger partial charge in [-0.05, 0) is 55.0 Å². The fourth-order valence-corrected chi connectivity index (χ4v) is 5.03. The van der Waals surface area contributed by atoms with Crippen molar-refractivity contribution in [1.29, 1.82) is 0 Å². The molecule has 0 spiro atoms. The lowest BCUT2D eigenvalue weighted by Crippen LogP contribution is -2.27. The highest BCUT2D eigenvalue weighted by molar-refractivity contribution is 6.32. The fourth-order valence-electron chi connectivity index (χ4n) is 4.81. The van der Waals surface area contributed by atoms with Crippen molar-refractivity contribution in [2.24, 2.45) is 5.41 Å². The number of halogens is 1. The van der Waals surface area contributed by atoms with Crippen LogP contribution in [-0.4, -0.2) is 35.8 Å². The van der Waals surface area contributed by atoms with E-state index < -0.39 is 5.41 Å². The van der Waals surface area contributed by atoms with Crippen molar-refractivity contribution in [3.8, 4) is 23.1 Å². The summed E-state index contributed by atoms with van der Waals surface area (Å²) in [5.74, 6) is 1.77. The molecule has 0 saturated heterocycles. The van der Waals surface area contributed by atoms with E-state index in [0.29, 0.717) is 53.0 Å². The van der Waals surface area contributed by atoms with Gasteiger partial charge in [0, 0.05) is 36.7 Å². The Labute approximate surface area is 232 Å². The number of aromatic nitrogens is 2. The van der Waals surface area contributed by atoms with Gasteiger partial charge in [0.2, 0.25) is 5.88 Å². The Balaban J connectivity index is 1.25. The van der Waals surface area contributed by atoms with E-state index in [4.69, 9.17) is 25.8 Å². The number of Topliss-reactive ketones (excluding diaryl/α,β-unsaturated/α-hetero) is 2. The van der Waals surface area contributed by atoms with E-state index in [1.165, 1.54) is 5.56 Å². The highest BCUT2D eigenvalue weighted by atomic mass is 35.5. The van der Waals surface area contributed by atoms with Crippen molar-refractivity contribution in [3.05, 3.63) is 83.1 Å². The van der Waals surface area contributed by atoms with E-state index in [9.17, 15) is 9.59 Å². The van der Waals surface area contributed by atoms with Crippen molar-refractivity contribution in [2.45, 2.75) is 38.5 Å². The number of fused-ring (bicyclic) bond motifs is 1. The number of pyridine rings is 2. The number of carbonyl (C=O) groups excluding carboxylic acids is 2. The van der Waals surface area contributed by atoms with Crippen LogP contribution in [0.1, 0.15) is 36.8 Å². The molecule has 0 atom stereocenters. The van der Waals surface area contributed by atoms with Gasteiger partial charge in [0.05, 0.1) is 25.2 Å². The van der Waals surface area contributed by atoms with Crippen molar-refractivity contribution in [1.82, 2.24) is 9.97 Å². The van der Waals surface area contributed by atoms with Gasteiger partial charge in [0.25, 0.3) is 0 Å². The van der Waals surface area contributed by atoms with Gasteiger partial charge in [0.1, 0.15) is 16.6 Å². The molecule has 0 unspecified atom stereocenters. The zero-order valence-corrected chi connectivity index (χ0v) is 22.7. The number of methoxy groups -OCH3 is 2. The summed E-state index contributed by atoms with van der Waals surface area (Å²) in [6, 6.07) is 17.0. The topological polar surface area (TPSA) is 87.6 Å². The molecule has 1 fully saturated rings. The minimum absolute atomic E-state index is 0.0408. The molecule has 0 aliphatic heterocycles. The number of rotatable bonds is 12. The molecule has 5 rings (SSSR count). The van der Waals surface area contributed by atoms with E-state index >= 15 is 0 Å². The average Bonchev–Trinajstić information content (AvgIpc) is 3.77. The van der Waals surface area contributed by atoms with Crippen LogP contribution < -0.4 is 14.2 Å². The maximum Gasteiger partial charge on any atom is 0.238 e. The van der Waals surface area contributed by atoms with Crippen molar-refractivity contribution < 1.29 is 23.8 Å². The number of ketones is 2. The maximum atomic E-state index is 13.2. The van der Waals surface area contributed by atoms with E-state index in [1.807, 2.05) is 18.2 Å². The Bertz CT molecular complexity index is 1520. The van der Waals surface area contributed by atoms with Gasteiger partial charge in [-0.1, -0.05) is 41.9 Å². The second kappa shape index (κ2) is 11.4. The smallest absolute Gasteiger partial charge is 0.238 e. The molecule has 0 N–H and O–H groups in total. The van der Waals surface area contributed by atoms with E-state index in [-0.39, 0.29) is 28.9 Å². The lowest BCUT2D eigenvalue weighted by atomic mass is 9.88. The van der Waals surface area contributed by atoms with E-state index in [2.05, 4.69) is 22.1 Å². The molecule has 7 nitrogen and oxygen atoms in total. The summed E-state index contributed by atoms with van der Waals surface area (Å²) in [7, 11) is 3.12. The van der Waals surface area contributed by atoms with Crippen molar-refractivity contribution >= 4 is 34.1 Å². The molecule has 1 aliphatic rings. The molecule has 1 aliphatic carbocycles. The molecule has 0 bridgehead atoms. The van der Waals surface area contributed by atoms with Gasteiger partial charge in [0.15, 0.2) is 17.3 Å². The summed E-state index contributed by atoms with van der Waals surface area (Å²) in [5.41, 5.74) is 1.65. The Hall–Kier alpha value is -3.97. The first-order valence-electron chi connectivity index (χ1n) is 12.9. The number of carbonyl (C=O) groups is 2. The van der Waals surface area contributed by atoms with Gasteiger partial charge < -0.3 is 14.2 Å². The number of aryl methyl sites for hydroxylation is 1. The molecular weight excluding hydrogens is 516 g/mol. The third-order valence-corrected chi connectivity index (χ3v) is 7.44. The number of ether oxygens (including phenoxy) is 3.